The highest BCUT2D eigenvalue weighted by Crippen LogP contribution is 2.40. The molecule has 34 heavy (non-hydrogen) atoms. The second-order valence-corrected chi connectivity index (χ2v) is 9.13. The molecule has 4 aromatic rings. The Morgan fingerprint density at radius 2 is 1.74 bits per heavy atom. The molecule has 2 aliphatic rings. The second-order valence-electron chi connectivity index (χ2n) is 9.13. The molecule has 6 rings (SSSR count). The molecule has 6 heteroatoms. The van der Waals surface area contributed by atoms with E-state index in [9.17, 15) is 9.59 Å². The summed E-state index contributed by atoms with van der Waals surface area (Å²) >= 11 is 0. The minimum absolute atomic E-state index is 0.197. The third kappa shape index (κ3) is 3.24. The third-order valence-corrected chi connectivity index (χ3v) is 7.15. The van der Waals surface area contributed by atoms with Crippen molar-refractivity contribution in [3.05, 3.63) is 60.2 Å². The van der Waals surface area contributed by atoms with Crippen LogP contribution in [0.1, 0.15) is 38.2 Å². The van der Waals surface area contributed by atoms with Crippen LogP contribution in [0.5, 0.6) is 0 Å². The first-order chi connectivity index (χ1) is 16.6. The van der Waals surface area contributed by atoms with Gasteiger partial charge in [-0.3, -0.25) is 9.69 Å². The molecule has 0 saturated carbocycles. The molecule has 2 saturated heterocycles. The summed E-state index contributed by atoms with van der Waals surface area (Å²) in [5, 5.41) is 7.22. The Morgan fingerprint density at radius 3 is 2.53 bits per heavy atom. The number of hydrogen-bond acceptors (Lipinski definition) is 5. The molecular formula is C28H27NO5. The molecule has 174 valence electrons. The quantitative estimate of drug-likeness (QED) is 0.236. The second kappa shape index (κ2) is 8.22. The van der Waals surface area contributed by atoms with Gasteiger partial charge in [-0.2, -0.15) is 0 Å². The fourth-order valence-electron chi connectivity index (χ4n) is 5.54. The number of benzene rings is 4. The van der Waals surface area contributed by atoms with Gasteiger partial charge in [0.15, 0.2) is 0 Å². The highest BCUT2D eigenvalue weighted by Gasteiger charge is 2.56. The van der Waals surface area contributed by atoms with Crippen LogP contribution in [0, 0.1) is 0 Å². The average molecular weight is 458 g/mol. The predicted molar refractivity (Wildman–Crippen MR) is 129 cm³/mol. The van der Waals surface area contributed by atoms with Gasteiger partial charge in [-0.1, -0.05) is 61.0 Å². The Kier molecular flexibility index (Phi) is 5.15. The van der Waals surface area contributed by atoms with Gasteiger partial charge in [0.05, 0.1) is 13.2 Å². The van der Waals surface area contributed by atoms with Gasteiger partial charge in [0.25, 0.3) is 11.8 Å². The minimum atomic E-state index is -1.26. The number of ether oxygens (including phenoxy) is 3. The first kappa shape index (κ1) is 21.3. The van der Waals surface area contributed by atoms with Crippen molar-refractivity contribution < 1.29 is 23.8 Å². The van der Waals surface area contributed by atoms with Gasteiger partial charge in [-0.15, -0.1) is 0 Å². The maximum atomic E-state index is 13.1. The van der Waals surface area contributed by atoms with Crippen LogP contribution < -0.4 is 0 Å². The number of carbonyl (C=O) groups is 2. The highest BCUT2D eigenvalue weighted by atomic mass is 16.7. The van der Waals surface area contributed by atoms with Gasteiger partial charge in [0, 0.05) is 13.0 Å². The lowest BCUT2D eigenvalue weighted by Gasteiger charge is -2.35. The van der Waals surface area contributed by atoms with E-state index >= 15 is 0 Å². The van der Waals surface area contributed by atoms with Gasteiger partial charge in [0.1, 0.15) is 0 Å². The van der Waals surface area contributed by atoms with Crippen molar-refractivity contribution in [1.29, 1.82) is 0 Å². The SMILES string of the molecule is CCOC(=O)C1OC2(OCc3ccc4ccc5cccc6ccc3c4c56)CCCCCN2C1=O. The molecule has 2 fully saturated rings. The molecule has 2 atom stereocenters. The molecule has 2 heterocycles. The summed E-state index contributed by atoms with van der Waals surface area (Å²) in [4.78, 5) is 27.1. The van der Waals surface area contributed by atoms with Crippen molar-refractivity contribution in [1.82, 2.24) is 4.90 Å². The smallest absolute Gasteiger partial charge is 0.345 e. The molecule has 6 nitrogen and oxygen atoms in total. The number of carbonyl (C=O) groups excluding carboxylic acids is 2. The summed E-state index contributed by atoms with van der Waals surface area (Å²) in [7, 11) is 0. The van der Waals surface area contributed by atoms with Crippen LogP contribution >= 0.6 is 0 Å². The predicted octanol–water partition coefficient (Wildman–Crippen LogP) is 5.12. The van der Waals surface area contributed by atoms with Crippen molar-refractivity contribution in [2.24, 2.45) is 0 Å². The van der Waals surface area contributed by atoms with E-state index < -0.39 is 18.0 Å². The first-order valence-corrected chi connectivity index (χ1v) is 12.1. The monoisotopic (exact) mass is 457 g/mol. The first-order valence-electron chi connectivity index (χ1n) is 12.1. The topological polar surface area (TPSA) is 65.1 Å². The number of amides is 1. The zero-order valence-corrected chi connectivity index (χ0v) is 19.2. The van der Waals surface area contributed by atoms with Crippen LogP contribution in [-0.2, 0) is 30.4 Å². The fourth-order valence-corrected chi connectivity index (χ4v) is 5.54. The maximum absolute atomic E-state index is 13.1. The Balaban J connectivity index is 1.37. The van der Waals surface area contributed by atoms with Crippen LogP contribution in [-0.4, -0.2) is 41.9 Å². The van der Waals surface area contributed by atoms with Crippen molar-refractivity contribution in [3.8, 4) is 0 Å². The molecule has 0 aromatic heterocycles. The number of fused-ring (bicyclic) bond motifs is 1. The van der Waals surface area contributed by atoms with E-state index in [1.165, 1.54) is 26.9 Å². The van der Waals surface area contributed by atoms with Crippen molar-refractivity contribution in [2.45, 2.75) is 51.2 Å². The van der Waals surface area contributed by atoms with E-state index in [1.807, 2.05) is 0 Å². The van der Waals surface area contributed by atoms with E-state index in [2.05, 4.69) is 54.6 Å². The van der Waals surface area contributed by atoms with Crippen molar-refractivity contribution >= 4 is 44.2 Å². The Hall–Kier alpha value is -3.22. The normalized spacial score (nSPS) is 23.0. The zero-order chi connectivity index (χ0) is 23.3. The van der Waals surface area contributed by atoms with E-state index in [0.717, 1.165) is 30.2 Å². The molecule has 4 aromatic carbocycles. The van der Waals surface area contributed by atoms with Crippen LogP contribution in [0.25, 0.3) is 32.3 Å². The van der Waals surface area contributed by atoms with E-state index in [4.69, 9.17) is 14.2 Å². The molecule has 0 aliphatic carbocycles. The number of rotatable bonds is 5. The largest absolute Gasteiger partial charge is 0.464 e. The van der Waals surface area contributed by atoms with Crippen LogP contribution in [0.4, 0.5) is 0 Å². The standard InChI is InChI=1S/C28H27NO5/c1-2-32-27(31)25-26(30)29-16-5-3-4-15-28(29,34-25)33-17-21-12-11-20-10-9-18-7-6-8-19-13-14-22(21)24(20)23(18)19/h6-14,25H,2-5,15-17H2,1H3. The summed E-state index contributed by atoms with van der Waals surface area (Å²) in [5.41, 5.74) is 1.03. The Bertz CT molecular complexity index is 1380. The summed E-state index contributed by atoms with van der Waals surface area (Å²) in [5.74, 6) is -2.25. The lowest BCUT2D eigenvalue weighted by molar-refractivity contribution is -0.291. The van der Waals surface area contributed by atoms with Gasteiger partial charge in [-0.25, -0.2) is 4.79 Å². The third-order valence-electron chi connectivity index (χ3n) is 7.15. The molecule has 2 aliphatic heterocycles. The van der Waals surface area contributed by atoms with Gasteiger partial charge in [0.2, 0.25) is 6.10 Å². The lowest BCUT2D eigenvalue weighted by Crippen LogP contribution is -2.48. The van der Waals surface area contributed by atoms with E-state index in [-0.39, 0.29) is 19.1 Å². The summed E-state index contributed by atoms with van der Waals surface area (Å²) in [6.45, 7) is 2.69. The maximum Gasteiger partial charge on any atom is 0.345 e. The zero-order valence-electron chi connectivity index (χ0n) is 19.2. The number of esters is 1. The van der Waals surface area contributed by atoms with Crippen molar-refractivity contribution in [2.75, 3.05) is 13.2 Å². The van der Waals surface area contributed by atoms with Gasteiger partial charge < -0.3 is 14.2 Å². The fraction of sp³-hybridized carbons (Fsp3) is 0.357. The Morgan fingerprint density at radius 1 is 1.00 bits per heavy atom. The summed E-state index contributed by atoms with van der Waals surface area (Å²) < 4.78 is 17.6. The minimum Gasteiger partial charge on any atom is -0.464 e. The van der Waals surface area contributed by atoms with Gasteiger partial charge in [-0.05, 0) is 57.6 Å². The van der Waals surface area contributed by atoms with Crippen LogP contribution in [0.3, 0.4) is 0 Å². The van der Waals surface area contributed by atoms with E-state index in [0.29, 0.717) is 13.0 Å². The highest BCUT2D eigenvalue weighted by molar-refractivity contribution is 6.23. The average Bonchev–Trinajstić information content (AvgIpc) is 2.99. The summed E-state index contributed by atoms with van der Waals surface area (Å²) in [6, 6.07) is 19.2. The molecule has 0 bridgehead atoms. The van der Waals surface area contributed by atoms with Crippen LogP contribution in [0.15, 0.2) is 54.6 Å². The molecular weight excluding hydrogens is 430 g/mol. The van der Waals surface area contributed by atoms with E-state index in [1.54, 1.807) is 11.8 Å². The number of nitrogens with zero attached hydrogens (tertiary/aromatic N) is 1. The number of hydrogen-bond donors (Lipinski definition) is 0. The Labute approximate surface area is 197 Å². The molecule has 2 unspecified atom stereocenters. The van der Waals surface area contributed by atoms with Gasteiger partial charge >= 0.3 is 5.97 Å². The molecule has 0 N–H and O–H groups in total. The lowest BCUT2D eigenvalue weighted by atomic mass is 9.92. The molecule has 0 radical (unpaired) electrons. The van der Waals surface area contributed by atoms with Crippen LogP contribution in [0.2, 0.25) is 0 Å². The molecule has 0 spiro atoms. The molecule has 1 amide bonds. The summed E-state index contributed by atoms with van der Waals surface area (Å²) in [6.07, 6.45) is 1.97. The van der Waals surface area contributed by atoms with Crippen molar-refractivity contribution in [3.63, 3.8) is 0 Å².